The molecule has 1 aromatic heterocycles. The second-order valence-corrected chi connectivity index (χ2v) is 5.92. The van der Waals surface area contributed by atoms with Crippen LogP contribution in [0.5, 0.6) is 0 Å². The van der Waals surface area contributed by atoms with Gasteiger partial charge in [0.25, 0.3) is 0 Å². The van der Waals surface area contributed by atoms with E-state index >= 15 is 0 Å². The number of fused-ring (bicyclic) bond motifs is 1. The van der Waals surface area contributed by atoms with Crippen molar-refractivity contribution in [2.45, 2.75) is 13.0 Å². The van der Waals surface area contributed by atoms with E-state index in [4.69, 9.17) is 5.26 Å². The second kappa shape index (κ2) is 9.92. The third-order valence-electron chi connectivity index (χ3n) is 4.18. The number of H-pyrrole nitrogens is 1. The monoisotopic (exact) mass is 477 g/mol. The van der Waals surface area contributed by atoms with Crippen molar-refractivity contribution in [3.63, 3.8) is 0 Å². The van der Waals surface area contributed by atoms with Gasteiger partial charge in [-0.15, -0.1) is 24.0 Å². The van der Waals surface area contributed by atoms with Crippen LogP contribution < -0.4 is 10.6 Å². The van der Waals surface area contributed by atoms with E-state index in [-0.39, 0.29) is 29.8 Å². The summed E-state index contributed by atoms with van der Waals surface area (Å²) >= 11 is 0. The summed E-state index contributed by atoms with van der Waals surface area (Å²) in [4.78, 5) is 7.31. The third-order valence-corrected chi connectivity index (χ3v) is 4.18. The van der Waals surface area contributed by atoms with Crippen molar-refractivity contribution in [3.05, 3.63) is 71.2 Å². The van der Waals surface area contributed by atoms with Crippen molar-refractivity contribution in [1.29, 1.82) is 5.26 Å². The fourth-order valence-corrected chi connectivity index (χ4v) is 2.78. The Morgan fingerprint density at radius 2 is 1.96 bits per heavy atom. The first-order valence-electron chi connectivity index (χ1n) is 8.38. The maximum Gasteiger partial charge on any atom is 0.191 e. The first-order valence-corrected chi connectivity index (χ1v) is 8.38. The van der Waals surface area contributed by atoms with Crippen LogP contribution in [0.2, 0.25) is 0 Å². The number of rotatable bonds is 5. The molecular formula is C20H21FIN5. The molecule has 0 saturated carbocycles. The molecular weight excluding hydrogens is 456 g/mol. The molecule has 0 unspecified atom stereocenters. The molecule has 0 amide bonds. The summed E-state index contributed by atoms with van der Waals surface area (Å²) in [6.45, 7) is 1.33. The highest BCUT2D eigenvalue weighted by Gasteiger charge is 2.05. The number of aromatic nitrogens is 1. The van der Waals surface area contributed by atoms with Gasteiger partial charge in [-0.2, -0.15) is 5.26 Å². The number of halogens is 2. The fourth-order valence-electron chi connectivity index (χ4n) is 2.78. The zero-order valence-electron chi connectivity index (χ0n) is 14.9. The van der Waals surface area contributed by atoms with Crippen LogP contribution in [0.3, 0.4) is 0 Å². The third kappa shape index (κ3) is 5.44. The largest absolute Gasteiger partial charge is 0.361 e. The SMILES string of the molecule is CN=C(NCCc1c[nH]c2cc(F)ccc12)NCc1ccc(C#N)cc1.I. The molecule has 0 fully saturated rings. The molecule has 140 valence electrons. The number of nitrogens with zero attached hydrogens (tertiary/aromatic N) is 2. The zero-order chi connectivity index (χ0) is 18.4. The quantitative estimate of drug-likeness (QED) is 0.298. The Bertz CT molecular complexity index is 957. The lowest BCUT2D eigenvalue weighted by Crippen LogP contribution is -2.37. The van der Waals surface area contributed by atoms with Crippen molar-refractivity contribution in [2.75, 3.05) is 13.6 Å². The molecule has 1 heterocycles. The average molecular weight is 477 g/mol. The molecule has 0 spiro atoms. The van der Waals surface area contributed by atoms with Crippen LogP contribution >= 0.6 is 24.0 Å². The van der Waals surface area contributed by atoms with Crippen molar-refractivity contribution < 1.29 is 4.39 Å². The highest BCUT2D eigenvalue weighted by molar-refractivity contribution is 14.0. The highest BCUT2D eigenvalue weighted by Crippen LogP contribution is 2.19. The van der Waals surface area contributed by atoms with Gasteiger partial charge < -0.3 is 15.6 Å². The smallest absolute Gasteiger partial charge is 0.191 e. The Balaban J connectivity index is 0.00000261. The summed E-state index contributed by atoms with van der Waals surface area (Å²) < 4.78 is 13.2. The number of hydrogen-bond donors (Lipinski definition) is 3. The van der Waals surface area contributed by atoms with Gasteiger partial charge in [0.05, 0.1) is 11.6 Å². The van der Waals surface area contributed by atoms with Gasteiger partial charge in [-0.3, -0.25) is 4.99 Å². The Morgan fingerprint density at radius 3 is 2.67 bits per heavy atom. The normalized spacial score (nSPS) is 10.9. The molecule has 7 heteroatoms. The van der Waals surface area contributed by atoms with E-state index in [2.05, 4.69) is 26.7 Å². The number of nitrogens with one attached hydrogen (secondary N) is 3. The maximum absolute atomic E-state index is 13.2. The predicted octanol–water partition coefficient (Wildman–Crippen LogP) is 3.70. The summed E-state index contributed by atoms with van der Waals surface area (Å²) in [5.41, 5.74) is 3.67. The highest BCUT2D eigenvalue weighted by atomic mass is 127. The number of aliphatic imine (C=N–C) groups is 1. The Labute approximate surface area is 174 Å². The molecule has 0 atom stereocenters. The van der Waals surface area contributed by atoms with Gasteiger partial charge in [0.1, 0.15) is 5.82 Å². The first-order chi connectivity index (χ1) is 12.7. The summed E-state index contributed by atoms with van der Waals surface area (Å²) in [7, 11) is 1.72. The molecule has 3 aromatic rings. The lowest BCUT2D eigenvalue weighted by molar-refractivity contribution is 0.629. The maximum atomic E-state index is 13.2. The Morgan fingerprint density at radius 1 is 1.19 bits per heavy atom. The van der Waals surface area contributed by atoms with Crippen LogP contribution in [-0.2, 0) is 13.0 Å². The van der Waals surface area contributed by atoms with Crippen LogP contribution in [0.15, 0.2) is 53.7 Å². The molecule has 3 N–H and O–H groups in total. The van der Waals surface area contributed by atoms with Gasteiger partial charge in [-0.1, -0.05) is 12.1 Å². The lowest BCUT2D eigenvalue weighted by atomic mass is 10.1. The van der Waals surface area contributed by atoms with E-state index in [1.807, 2.05) is 18.3 Å². The lowest BCUT2D eigenvalue weighted by Gasteiger charge is -2.12. The van der Waals surface area contributed by atoms with E-state index in [9.17, 15) is 4.39 Å². The zero-order valence-corrected chi connectivity index (χ0v) is 17.3. The van der Waals surface area contributed by atoms with Crippen LogP contribution in [-0.4, -0.2) is 24.5 Å². The van der Waals surface area contributed by atoms with Gasteiger partial charge >= 0.3 is 0 Å². The Hall–Kier alpha value is -2.60. The molecule has 0 aliphatic carbocycles. The molecule has 2 aromatic carbocycles. The van der Waals surface area contributed by atoms with Crippen molar-refractivity contribution in [2.24, 2.45) is 4.99 Å². The number of hydrogen-bond acceptors (Lipinski definition) is 2. The Kier molecular flexibility index (Phi) is 7.61. The molecule has 0 bridgehead atoms. The van der Waals surface area contributed by atoms with E-state index in [0.29, 0.717) is 24.6 Å². The van der Waals surface area contributed by atoms with Gasteiger partial charge in [0, 0.05) is 37.2 Å². The number of benzene rings is 2. The topological polar surface area (TPSA) is 76.0 Å². The average Bonchev–Trinajstić information content (AvgIpc) is 3.07. The number of guanidine groups is 1. The van der Waals surface area contributed by atoms with Crippen LogP contribution in [0.25, 0.3) is 10.9 Å². The number of nitriles is 1. The molecule has 27 heavy (non-hydrogen) atoms. The molecule has 0 saturated heterocycles. The van der Waals surface area contributed by atoms with Crippen molar-refractivity contribution >= 4 is 40.8 Å². The minimum absolute atomic E-state index is 0. The van der Waals surface area contributed by atoms with Crippen LogP contribution in [0.4, 0.5) is 4.39 Å². The van der Waals surface area contributed by atoms with Gasteiger partial charge in [-0.25, -0.2) is 4.39 Å². The van der Waals surface area contributed by atoms with Crippen molar-refractivity contribution in [3.8, 4) is 6.07 Å². The summed E-state index contributed by atoms with van der Waals surface area (Å²) in [5.74, 6) is 0.469. The predicted molar refractivity (Wildman–Crippen MR) is 117 cm³/mol. The van der Waals surface area contributed by atoms with E-state index in [0.717, 1.165) is 28.5 Å². The summed E-state index contributed by atoms with van der Waals surface area (Å²) in [5, 5.41) is 16.4. The first kappa shape index (κ1) is 20.7. The van der Waals surface area contributed by atoms with Crippen LogP contribution in [0, 0.1) is 17.1 Å². The fraction of sp³-hybridized carbons (Fsp3) is 0.200. The van der Waals surface area contributed by atoms with Crippen molar-refractivity contribution in [1.82, 2.24) is 15.6 Å². The van der Waals surface area contributed by atoms with E-state index in [1.54, 1.807) is 25.2 Å². The van der Waals surface area contributed by atoms with Gasteiger partial charge in [0.2, 0.25) is 0 Å². The van der Waals surface area contributed by atoms with Gasteiger partial charge in [0.15, 0.2) is 5.96 Å². The van der Waals surface area contributed by atoms with Gasteiger partial charge in [-0.05, 0) is 47.9 Å². The minimum Gasteiger partial charge on any atom is -0.361 e. The number of aromatic amines is 1. The second-order valence-electron chi connectivity index (χ2n) is 5.92. The summed E-state index contributed by atoms with van der Waals surface area (Å²) in [6.07, 6.45) is 2.71. The molecule has 5 nitrogen and oxygen atoms in total. The van der Waals surface area contributed by atoms with E-state index < -0.39 is 0 Å². The molecule has 3 rings (SSSR count). The standard InChI is InChI=1S/C20H20FN5.HI/c1-23-20(26-12-15-4-2-14(11-22)3-5-15)24-9-8-16-13-25-19-10-17(21)6-7-18(16)19;/h2-7,10,13,25H,8-9,12H2,1H3,(H2,23,24,26);1H. The molecule has 0 aliphatic rings. The minimum atomic E-state index is -0.239. The molecule has 0 aliphatic heterocycles. The molecule has 0 radical (unpaired) electrons. The summed E-state index contributed by atoms with van der Waals surface area (Å²) in [6, 6.07) is 14.3. The van der Waals surface area contributed by atoms with Crippen LogP contribution in [0.1, 0.15) is 16.7 Å². The van der Waals surface area contributed by atoms with E-state index in [1.165, 1.54) is 12.1 Å².